The number of rotatable bonds is 9. The third kappa shape index (κ3) is 6.62. The highest BCUT2D eigenvalue weighted by atomic mass is 19.1. The number of nitrogens with zero attached hydrogens (tertiary/aromatic N) is 3. The van der Waals surface area contributed by atoms with Gasteiger partial charge in [-0.1, -0.05) is 32.6 Å². The third-order valence-electron chi connectivity index (χ3n) is 12.9. The molecule has 7 rings (SSSR count). The van der Waals surface area contributed by atoms with Crippen molar-refractivity contribution in [3.8, 4) is 0 Å². The van der Waals surface area contributed by atoms with Gasteiger partial charge in [0.1, 0.15) is 6.17 Å². The first-order valence-electron chi connectivity index (χ1n) is 18.6. The van der Waals surface area contributed by atoms with Crippen LogP contribution < -0.4 is 10.6 Å². The molecular formula is C36H58FN5O3. The van der Waals surface area contributed by atoms with Gasteiger partial charge in [-0.15, -0.1) is 0 Å². The zero-order valence-electron chi connectivity index (χ0n) is 27.8. The van der Waals surface area contributed by atoms with Crippen molar-refractivity contribution in [1.29, 1.82) is 0 Å². The summed E-state index contributed by atoms with van der Waals surface area (Å²) in [5.74, 6) is 1.08. The van der Waals surface area contributed by atoms with E-state index >= 15 is 4.39 Å². The molecule has 3 saturated carbocycles. The molecule has 252 valence electrons. The highest BCUT2D eigenvalue weighted by Gasteiger charge is 2.59. The summed E-state index contributed by atoms with van der Waals surface area (Å²) in [4.78, 5) is 34.8. The molecular weight excluding hydrogens is 569 g/mol. The van der Waals surface area contributed by atoms with Gasteiger partial charge in [0, 0.05) is 31.2 Å². The van der Waals surface area contributed by atoms with Gasteiger partial charge in [0.05, 0.1) is 35.9 Å². The smallest absolute Gasteiger partial charge is 0.256 e. The Morgan fingerprint density at radius 3 is 2.60 bits per heavy atom. The number of halogens is 1. The van der Waals surface area contributed by atoms with E-state index in [0.717, 1.165) is 70.7 Å². The molecule has 1 amide bonds. The average molecular weight is 628 g/mol. The second-order valence-electron chi connectivity index (χ2n) is 15.9. The quantitative estimate of drug-likeness (QED) is 0.297. The Kier molecular flexibility index (Phi) is 9.89. The predicted octanol–water partition coefficient (Wildman–Crippen LogP) is 3.90. The molecule has 6 fully saturated rings. The number of hydrogen-bond acceptors (Lipinski definition) is 7. The van der Waals surface area contributed by atoms with Gasteiger partial charge in [0.25, 0.3) is 5.91 Å². The van der Waals surface area contributed by atoms with Crippen LogP contribution in [0.25, 0.3) is 0 Å². The van der Waals surface area contributed by atoms with Gasteiger partial charge in [-0.3, -0.25) is 9.59 Å². The Balaban J connectivity index is 1.07. The van der Waals surface area contributed by atoms with Gasteiger partial charge in [-0.25, -0.2) is 4.39 Å². The molecule has 7 aliphatic rings. The lowest BCUT2D eigenvalue weighted by molar-refractivity contribution is -0.208. The maximum atomic E-state index is 16.2. The van der Waals surface area contributed by atoms with Crippen molar-refractivity contribution in [2.45, 2.75) is 133 Å². The second kappa shape index (κ2) is 13.9. The largest absolute Gasteiger partial charge is 0.369 e. The van der Waals surface area contributed by atoms with E-state index in [2.05, 4.69) is 39.3 Å². The molecule has 4 heterocycles. The molecule has 0 aromatic rings. The number of hydrogen-bond donors (Lipinski definition) is 2. The van der Waals surface area contributed by atoms with Crippen molar-refractivity contribution in [2.24, 2.45) is 23.7 Å². The lowest BCUT2D eigenvalue weighted by Crippen LogP contribution is -2.73. The Hall–Kier alpha value is -1.55. The monoisotopic (exact) mass is 627 g/mol. The fourth-order valence-corrected chi connectivity index (χ4v) is 10.5. The standard InChI is InChI=1S/C36H58FN5O3/c1-23-8-5-16-41(21-23)17-7-13-38-32-29(37)20-27-33-35(32)45-31-19-25-10-4-3-9-24(25)18-30(31)42(33)22-28(34(27)43)36(44)39-14-12-26-11-6-15-40(26)2/h22-27,29-33,35,38H,3-21H2,1-2H3,(H,39,44). The summed E-state index contributed by atoms with van der Waals surface area (Å²) >= 11 is 0. The molecule has 9 heteroatoms. The first-order chi connectivity index (χ1) is 21.9. The zero-order chi connectivity index (χ0) is 31.1. The van der Waals surface area contributed by atoms with E-state index in [1.165, 1.54) is 44.9 Å². The van der Waals surface area contributed by atoms with Crippen LogP contribution in [0.5, 0.6) is 0 Å². The molecule has 45 heavy (non-hydrogen) atoms. The second-order valence-corrected chi connectivity index (χ2v) is 15.9. The van der Waals surface area contributed by atoms with Gasteiger partial charge < -0.3 is 30.1 Å². The molecule has 0 aromatic heterocycles. The summed E-state index contributed by atoms with van der Waals surface area (Å²) in [6.07, 6.45) is 14.5. The van der Waals surface area contributed by atoms with E-state index in [0.29, 0.717) is 24.4 Å². The number of alkyl halides is 1. The number of carbonyl (C=O) groups is 2. The number of ketones is 1. The van der Waals surface area contributed by atoms with Gasteiger partial charge in [0.2, 0.25) is 0 Å². The molecule has 0 spiro atoms. The molecule has 0 aromatic carbocycles. The summed E-state index contributed by atoms with van der Waals surface area (Å²) in [5, 5.41) is 6.68. The minimum atomic E-state index is -1.18. The van der Waals surface area contributed by atoms with Gasteiger partial charge in [-0.2, -0.15) is 0 Å². The van der Waals surface area contributed by atoms with Crippen LogP contribution in [0.1, 0.15) is 90.4 Å². The van der Waals surface area contributed by atoms with Gasteiger partial charge in [0.15, 0.2) is 5.78 Å². The summed E-state index contributed by atoms with van der Waals surface area (Å²) < 4.78 is 23.2. The number of ether oxygens (including phenoxy) is 1. The lowest BCUT2D eigenvalue weighted by atomic mass is 9.65. The SMILES string of the molecule is CC1CCCN(CCCNC2C(F)CC3C(=O)C(C(=O)NCCC4CCCN4C)=CN4C5CC6CCCCC6CC5OC2C34)C1. The predicted molar refractivity (Wildman–Crippen MR) is 173 cm³/mol. The first kappa shape index (κ1) is 32.0. The van der Waals surface area contributed by atoms with Crippen LogP contribution in [0.4, 0.5) is 4.39 Å². The van der Waals surface area contributed by atoms with E-state index in [1.807, 2.05) is 6.20 Å². The van der Waals surface area contributed by atoms with E-state index in [-0.39, 0.29) is 41.9 Å². The van der Waals surface area contributed by atoms with Crippen LogP contribution in [0, 0.1) is 23.7 Å². The van der Waals surface area contributed by atoms with E-state index in [1.54, 1.807) is 0 Å². The van der Waals surface area contributed by atoms with Crippen molar-refractivity contribution in [3.05, 3.63) is 11.8 Å². The molecule has 8 nitrogen and oxygen atoms in total. The fraction of sp³-hybridized carbons (Fsp3) is 0.889. The molecule has 0 radical (unpaired) electrons. The van der Waals surface area contributed by atoms with Crippen LogP contribution >= 0.6 is 0 Å². The normalized spacial score (nSPS) is 42.0. The number of piperidine rings is 1. The average Bonchev–Trinajstić information content (AvgIpc) is 3.44. The fourth-order valence-electron chi connectivity index (χ4n) is 10.5. The van der Waals surface area contributed by atoms with Gasteiger partial charge >= 0.3 is 0 Å². The molecule has 4 aliphatic heterocycles. The summed E-state index contributed by atoms with van der Waals surface area (Å²) in [7, 11) is 2.15. The van der Waals surface area contributed by atoms with Gasteiger partial charge in [-0.05, 0) is 109 Å². The van der Waals surface area contributed by atoms with Crippen molar-refractivity contribution in [1.82, 2.24) is 25.3 Å². The van der Waals surface area contributed by atoms with Crippen molar-refractivity contribution < 1.29 is 18.7 Å². The van der Waals surface area contributed by atoms with E-state index < -0.39 is 24.2 Å². The number of Topliss-reactive ketones (excluding diaryl/α,β-unsaturated/α-hetero) is 1. The first-order valence-corrected chi connectivity index (χ1v) is 18.6. The molecule has 0 bridgehead atoms. The topological polar surface area (TPSA) is 77.2 Å². The zero-order valence-corrected chi connectivity index (χ0v) is 27.8. The summed E-state index contributed by atoms with van der Waals surface area (Å²) in [6.45, 7) is 8.11. The number of fused-ring (bicyclic) bond motifs is 3. The molecule has 2 N–H and O–H groups in total. The number of amides is 1. The van der Waals surface area contributed by atoms with Crippen LogP contribution in [-0.2, 0) is 14.3 Å². The Labute approximate surface area is 270 Å². The minimum absolute atomic E-state index is 0.0161. The lowest BCUT2D eigenvalue weighted by Gasteiger charge is -2.61. The Bertz CT molecular complexity index is 1100. The maximum Gasteiger partial charge on any atom is 0.256 e. The molecule has 3 saturated heterocycles. The Morgan fingerprint density at radius 2 is 1.82 bits per heavy atom. The minimum Gasteiger partial charge on any atom is -0.369 e. The van der Waals surface area contributed by atoms with E-state index in [4.69, 9.17) is 4.74 Å². The Morgan fingerprint density at radius 1 is 1.02 bits per heavy atom. The molecule has 3 aliphatic carbocycles. The van der Waals surface area contributed by atoms with Crippen molar-refractivity contribution >= 4 is 11.7 Å². The van der Waals surface area contributed by atoms with Crippen molar-refractivity contribution in [2.75, 3.05) is 46.3 Å². The van der Waals surface area contributed by atoms with Crippen molar-refractivity contribution in [3.63, 3.8) is 0 Å². The molecule has 11 unspecified atom stereocenters. The van der Waals surface area contributed by atoms with Crippen LogP contribution in [0.15, 0.2) is 11.8 Å². The highest BCUT2D eigenvalue weighted by molar-refractivity contribution is 6.20. The molecule has 11 atom stereocenters. The number of nitrogens with one attached hydrogen (secondary N) is 2. The number of carbonyl (C=O) groups excluding carboxylic acids is 2. The third-order valence-corrected chi connectivity index (χ3v) is 12.9. The maximum absolute atomic E-state index is 16.2. The summed E-state index contributed by atoms with van der Waals surface area (Å²) in [5.41, 5.74) is 0.232. The summed E-state index contributed by atoms with van der Waals surface area (Å²) in [6, 6.07) is -0.0151. The van der Waals surface area contributed by atoms with Crippen LogP contribution in [-0.4, -0.2) is 115 Å². The van der Waals surface area contributed by atoms with Crippen LogP contribution in [0.3, 0.4) is 0 Å². The van der Waals surface area contributed by atoms with E-state index in [9.17, 15) is 9.59 Å². The highest BCUT2D eigenvalue weighted by Crippen LogP contribution is 2.50. The number of morpholine rings is 1. The number of likely N-dealkylation sites (tertiary alicyclic amines) is 2. The van der Waals surface area contributed by atoms with Crippen LogP contribution in [0.2, 0.25) is 0 Å².